The largest absolute Gasteiger partial charge is 0.422 e. The minimum absolute atomic E-state index is 0.369. The first-order valence-electron chi connectivity index (χ1n) is 14.2. The lowest BCUT2D eigenvalue weighted by Gasteiger charge is -2.25. The van der Waals surface area contributed by atoms with Crippen LogP contribution in [0.1, 0.15) is 0 Å². The first kappa shape index (κ1) is 26.1. The molecule has 4 heteroatoms. The van der Waals surface area contributed by atoms with Crippen molar-refractivity contribution in [3.8, 4) is 11.1 Å². The zero-order valence-corrected chi connectivity index (χ0v) is 23.4. The molecule has 0 spiro atoms. The van der Waals surface area contributed by atoms with Gasteiger partial charge in [-0.05, 0) is 84.4 Å². The van der Waals surface area contributed by atoms with Crippen molar-refractivity contribution < 1.29 is 4.42 Å². The van der Waals surface area contributed by atoms with Crippen LogP contribution >= 0.6 is 0 Å². The summed E-state index contributed by atoms with van der Waals surface area (Å²) in [6, 6.07) is 56.8. The van der Waals surface area contributed by atoms with Crippen molar-refractivity contribution in [3.63, 3.8) is 0 Å². The van der Waals surface area contributed by atoms with E-state index in [0.717, 1.165) is 45.1 Å². The fraction of sp³-hybridized carbons (Fsp3) is 0. The van der Waals surface area contributed by atoms with Crippen LogP contribution in [-0.2, 0) is 0 Å². The molecule has 7 rings (SSSR count). The number of fused-ring (bicyclic) bond motifs is 1. The minimum atomic E-state index is -0.369. The molecule has 206 valence electrons. The van der Waals surface area contributed by atoms with E-state index in [1.165, 1.54) is 0 Å². The predicted molar refractivity (Wildman–Crippen MR) is 177 cm³/mol. The highest BCUT2D eigenvalue weighted by Crippen LogP contribution is 2.37. The van der Waals surface area contributed by atoms with E-state index in [-0.39, 0.29) is 5.63 Å². The number of benzene rings is 6. The molecule has 0 bridgehead atoms. The predicted octanol–water partition coefficient (Wildman–Crippen LogP) is 10.4. The minimum Gasteiger partial charge on any atom is -0.422 e. The monoisotopic (exact) mass is 556 g/mol. The van der Waals surface area contributed by atoms with Crippen LogP contribution in [0.3, 0.4) is 0 Å². The van der Waals surface area contributed by atoms with Gasteiger partial charge in [0.05, 0.1) is 5.56 Å². The van der Waals surface area contributed by atoms with Crippen LogP contribution in [0.5, 0.6) is 0 Å². The Balaban J connectivity index is 1.25. The summed E-state index contributed by atoms with van der Waals surface area (Å²) in [5.74, 6) is 0. The van der Waals surface area contributed by atoms with Crippen molar-refractivity contribution >= 4 is 45.1 Å². The number of nitrogens with zero attached hydrogens (tertiary/aromatic N) is 2. The molecule has 0 radical (unpaired) electrons. The molecule has 6 aromatic carbocycles. The lowest BCUT2D eigenvalue weighted by Crippen LogP contribution is -2.10. The van der Waals surface area contributed by atoms with Crippen molar-refractivity contribution in [1.29, 1.82) is 0 Å². The highest BCUT2D eigenvalue weighted by molar-refractivity contribution is 5.88. The Bertz CT molecular complexity index is 1940. The van der Waals surface area contributed by atoms with Gasteiger partial charge in [-0.15, -0.1) is 0 Å². The molecule has 0 aliphatic rings. The van der Waals surface area contributed by atoms with Crippen LogP contribution in [0.4, 0.5) is 34.1 Å². The van der Waals surface area contributed by atoms with Crippen LogP contribution in [0.15, 0.2) is 179 Å². The molecule has 1 heterocycles. The SMILES string of the molecule is O=c1oc2cc(N(c3ccccc3)c3ccccc3)ccc2cc1-c1ccc(N(c2ccccc2)c2ccccc2)cc1. The number of hydrogen-bond acceptors (Lipinski definition) is 4. The third-order valence-corrected chi connectivity index (χ3v) is 7.47. The Morgan fingerprint density at radius 1 is 0.395 bits per heavy atom. The maximum atomic E-state index is 13.3. The first-order chi connectivity index (χ1) is 21.2. The molecule has 7 aromatic rings. The van der Waals surface area contributed by atoms with E-state index in [9.17, 15) is 4.79 Å². The molecule has 0 aliphatic carbocycles. The van der Waals surface area contributed by atoms with Gasteiger partial charge in [0.1, 0.15) is 5.58 Å². The Kier molecular flexibility index (Phi) is 7.00. The molecule has 0 unspecified atom stereocenters. The lowest BCUT2D eigenvalue weighted by molar-refractivity contribution is 0.563. The maximum Gasteiger partial charge on any atom is 0.344 e. The topological polar surface area (TPSA) is 36.7 Å². The third-order valence-electron chi connectivity index (χ3n) is 7.47. The Labute approximate surface area is 250 Å². The van der Waals surface area contributed by atoms with Crippen molar-refractivity contribution in [2.75, 3.05) is 9.80 Å². The summed E-state index contributed by atoms with van der Waals surface area (Å²) in [5.41, 5.74) is 7.57. The summed E-state index contributed by atoms with van der Waals surface area (Å²) in [4.78, 5) is 17.7. The van der Waals surface area contributed by atoms with Crippen LogP contribution in [-0.4, -0.2) is 0 Å². The summed E-state index contributed by atoms with van der Waals surface area (Å²) in [6.45, 7) is 0. The zero-order chi connectivity index (χ0) is 29.0. The van der Waals surface area contributed by atoms with E-state index in [1.54, 1.807) is 0 Å². The van der Waals surface area contributed by atoms with Crippen LogP contribution in [0.2, 0.25) is 0 Å². The van der Waals surface area contributed by atoms with Crippen LogP contribution < -0.4 is 15.4 Å². The van der Waals surface area contributed by atoms with E-state index in [2.05, 4.69) is 64.4 Å². The van der Waals surface area contributed by atoms with Crippen molar-refractivity contribution in [2.24, 2.45) is 0 Å². The molecule has 0 saturated carbocycles. The standard InChI is InChI=1S/C39H28N2O2/c42-39-37(29-21-24-35(25-22-29)40(31-13-5-1-6-14-31)32-15-7-2-8-16-32)27-30-23-26-36(28-38(30)43-39)41(33-17-9-3-10-18-33)34-19-11-4-12-20-34/h1-28H. The smallest absolute Gasteiger partial charge is 0.344 e. The summed E-state index contributed by atoms with van der Waals surface area (Å²) < 4.78 is 5.93. The second-order valence-corrected chi connectivity index (χ2v) is 10.2. The number of para-hydroxylation sites is 4. The zero-order valence-electron chi connectivity index (χ0n) is 23.4. The first-order valence-corrected chi connectivity index (χ1v) is 14.2. The lowest BCUT2D eigenvalue weighted by atomic mass is 10.0. The van der Waals surface area contributed by atoms with Crippen LogP contribution in [0, 0.1) is 0 Å². The molecule has 43 heavy (non-hydrogen) atoms. The van der Waals surface area contributed by atoms with Gasteiger partial charge in [-0.25, -0.2) is 4.79 Å². The number of hydrogen-bond donors (Lipinski definition) is 0. The van der Waals surface area contributed by atoms with Crippen molar-refractivity contribution in [1.82, 2.24) is 0 Å². The molecule has 0 amide bonds. The van der Waals surface area contributed by atoms with Gasteiger partial charge < -0.3 is 14.2 Å². The van der Waals surface area contributed by atoms with E-state index in [0.29, 0.717) is 11.1 Å². The summed E-state index contributed by atoms with van der Waals surface area (Å²) in [7, 11) is 0. The fourth-order valence-corrected chi connectivity index (χ4v) is 5.43. The highest BCUT2D eigenvalue weighted by Gasteiger charge is 2.16. The van der Waals surface area contributed by atoms with E-state index in [1.807, 2.05) is 115 Å². The molecular formula is C39H28N2O2. The van der Waals surface area contributed by atoms with Gasteiger partial charge in [-0.3, -0.25) is 0 Å². The second-order valence-electron chi connectivity index (χ2n) is 10.2. The maximum absolute atomic E-state index is 13.3. The molecule has 0 aliphatic heterocycles. The van der Waals surface area contributed by atoms with Gasteiger partial charge in [-0.1, -0.05) is 84.9 Å². The normalized spacial score (nSPS) is 10.9. The highest BCUT2D eigenvalue weighted by atomic mass is 16.4. The Morgan fingerprint density at radius 2 is 0.791 bits per heavy atom. The summed E-state index contributed by atoms with van der Waals surface area (Å²) >= 11 is 0. The van der Waals surface area contributed by atoms with Gasteiger partial charge in [-0.2, -0.15) is 0 Å². The molecule has 0 saturated heterocycles. The van der Waals surface area contributed by atoms with Crippen molar-refractivity contribution in [2.45, 2.75) is 0 Å². The van der Waals surface area contributed by atoms with Gasteiger partial charge in [0.2, 0.25) is 0 Å². The molecule has 0 N–H and O–H groups in total. The number of anilines is 6. The third kappa shape index (κ3) is 5.30. The second kappa shape index (κ2) is 11.6. The van der Waals surface area contributed by atoms with E-state index < -0.39 is 0 Å². The molecular weight excluding hydrogens is 528 g/mol. The molecule has 0 atom stereocenters. The molecule has 0 fully saturated rings. The summed E-state index contributed by atoms with van der Waals surface area (Å²) in [5, 5.41) is 0.860. The Hall–Kier alpha value is -5.87. The van der Waals surface area contributed by atoms with Gasteiger partial charge in [0.15, 0.2) is 0 Å². The van der Waals surface area contributed by atoms with Gasteiger partial charge >= 0.3 is 5.63 Å². The van der Waals surface area contributed by atoms with Crippen molar-refractivity contribution in [3.05, 3.63) is 180 Å². The van der Waals surface area contributed by atoms with Gasteiger partial charge in [0, 0.05) is 45.6 Å². The molecule has 4 nitrogen and oxygen atoms in total. The fourth-order valence-electron chi connectivity index (χ4n) is 5.43. The Morgan fingerprint density at radius 3 is 1.26 bits per heavy atom. The van der Waals surface area contributed by atoms with E-state index in [4.69, 9.17) is 4.42 Å². The number of rotatable bonds is 7. The average Bonchev–Trinajstić information content (AvgIpc) is 3.07. The summed E-state index contributed by atoms with van der Waals surface area (Å²) in [6.07, 6.45) is 0. The average molecular weight is 557 g/mol. The van der Waals surface area contributed by atoms with Crippen LogP contribution in [0.25, 0.3) is 22.1 Å². The quantitative estimate of drug-likeness (QED) is 0.183. The van der Waals surface area contributed by atoms with Gasteiger partial charge in [0.25, 0.3) is 0 Å². The molecule has 1 aromatic heterocycles. The van der Waals surface area contributed by atoms with E-state index >= 15 is 0 Å².